The second kappa shape index (κ2) is 8.16. The van der Waals surface area contributed by atoms with Gasteiger partial charge in [0.1, 0.15) is 17.3 Å². The van der Waals surface area contributed by atoms with E-state index >= 15 is 0 Å². The number of nitrogens with zero attached hydrogens (tertiary/aromatic N) is 3. The Bertz CT molecular complexity index is 887. The van der Waals surface area contributed by atoms with Crippen LogP contribution in [0.1, 0.15) is 67.7 Å². The number of carbonyl (C=O) groups is 1. The lowest BCUT2D eigenvalue weighted by Crippen LogP contribution is -2.38. The molecule has 8 heteroatoms. The Labute approximate surface area is 175 Å². The highest BCUT2D eigenvalue weighted by molar-refractivity contribution is 7.19. The van der Waals surface area contributed by atoms with E-state index in [0.717, 1.165) is 41.9 Å². The van der Waals surface area contributed by atoms with Crippen LogP contribution in [-0.4, -0.2) is 46.0 Å². The van der Waals surface area contributed by atoms with Gasteiger partial charge in [0, 0.05) is 17.3 Å². The van der Waals surface area contributed by atoms with E-state index in [1.54, 1.807) is 17.7 Å². The minimum Gasteiger partial charge on any atom is -0.474 e. The first-order chi connectivity index (χ1) is 14.2. The number of amides is 1. The zero-order valence-corrected chi connectivity index (χ0v) is 17.5. The van der Waals surface area contributed by atoms with Crippen LogP contribution in [0.4, 0.5) is 0 Å². The third-order valence-corrected chi connectivity index (χ3v) is 8.04. The van der Waals surface area contributed by atoms with Gasteiger partial charge in [0.25, 0.3) is 0 Å². The molecule has 0 aromatic carbocycles. The number of likely N-dealkylation sites (tertiary alicyclic amines) is 1. The van der Waals surface area contributed by atoms with Gasteiger partial charge in [-0.25, -0.2) is 15.8 Å². The molecule has 3 N–H and O–H groups in total. The number of nitrogens with one attached hydrogen (secondary N) is 1. The molecule has 1 aliphatic heterocycles. The molecule has 1 saturated heterocycles. The number of aromatic nitrogens is 2. The van der Waals surface area contributed by atoms with Crippen LogP contribution in [0.25, 0.3) is 10.2 Å². The Hall–Kier alpha value is -1.77. The molecule has 0 radical (unpaired) electrons. The lowest BCUT2D eigenvalue weighted by Gasteiger charge is -2.34. The predicted molar refractivity (Wildman–Crippen MR) is 113 cm³/mol. The van der Waals surface area contributed by atoms with Gasteiger partial charge >= 0.3 is 0 Å². The first kappa shape index (κ1) is 19.2. The lowest BCUT2D eigenvalue weighted by molar-refractivity contribution is -0.121. The molecule has 3 heterocycles. The minimum absolute atomic E-state index is 0.123. The largest absolute Gasteiger partial charge is 0.474 e. The summed E-state index contributed by atoms with van der Waals surface area (Å²) in [7, 11) is 0. The van der Waals surface area contributed by atoms with Crippen LogP contribution < -0.4 is 16.0 Å². The molecule has 7 nitrogen and oxygen atoms in total. The number of aryl methyl sites for hydroxylation is 1. The van der Waals surface area contributed by atoms with Gasteiger partial charge in [0.05, 0.1) is 5.39 Å². The summed E-state index contributed by atoms with van der Waals surface area (Å²) in [5.74, 6) is 6.07. The fraction of sp³-hybridized carbons (Fsp3) is 0.667. The molecule has 0 bridgehead atoms. The van der Waals surface area contributed by atoms with Crippen molar-refractivity contribution in [1.82, 2.24) is 20.3 Å². The predicted octanol–water partition coefficient (Wildman–Crippen LogP) is 2.89. The molecule has 2 aromatic rings. The Morgan fingerprint density at radius 3 is 2.76 bits per heavy atom. The maximum absolute atomic E-state index is 11.9. The van der Waals surface area contributed by atoms with Crippen LogP contribution in [0.3, 0.4) is 0 Å². The van der Waals surface area contributed by atoms with Crippen molar-refractivity contribution in [2.24, 2.45) is 5.84 Å². The van der Waals surface area contributed by atoms with Gasteiger partial charge in [-0.15, -0.1) is 11.3 Å². The van der Waals surface area contributed by atoms with Gasteiger partial charge in [-0.05, 0) is 75.9 Å². The molecule has 3 aliphatic rings. The zero-order valence-electron chi connectivity index (χ0n) is 16.7. The van der Waals surface area contributed by atoms with Gasteiger partial charge < -0.3 is 9.64 Å². The molecule has 2 aromatic heterocycles. The molecular formula is C21H29N5O2S. The number of carbonyl (C=O) groups excluding carboxylic acids is 1. The highest BCUT2D eigenvalue weighted by atomic mass is 32.1. The van der Waals surface area contributed by atoms with Crippen molar-refractivity contribution in [3.05, 3.63) is 16.8 Å². The van der Waals surface area contributed by atoms with Crippen LogP contribution in [0.15, 0.2) is 6.33 Å². The van der Waals surface area contributed by atoms with E-state index in [1.807, 2.05) is 0 Å². The van der Waals surface area contributed by atoms with Crippen LogP contribution in [-0.2, 0) is 11.2 Å². The molecule has 2 aliphatic carbocycles. The Balaban J connectivity index is 1.34. The van der Waals surface area contributed by atoms with Gasteiger partial charge in [-0.2, -0.15) is 0 Å². The van der Waals surface area contributed by atoms with Gasteiger partial charge in [-0.3, -0.25) is 10.2 Å². The molecular weight excluding hydrogens is 386 g/mol. The molecule has 0 spiro atoms. The number of nitrogens with two attached hydrogens (primary N) is 1. The fourth-order valence-corrected chi connectivity index (χ4v) is 6.64. The second-order valence-electron chi connectivity index (χ2n) is 8.60. The summed E-state index contributed by atoms with van der Waals surface area (Å²) in [4.78, 5) is 25.8. The Morgan fingerprint density at radius 2 is 2.00 bits per heavy atom. The van der Waals surface area contributed by atoms with E-state index in [4.69, 9.17) is 10.6 Å². The van der Waals surface area contributed by atoms with Crippen LogP contribution in [0.5, 0.6) is 5.88 Å². The smallest absolute Gasteiger partial charge is 0.234 e. The number of fused-ring (bicyclic) bond motifs is 3. The third-order valence-electron chi connectivity index (χ3n) is 6.87. The lowest BCUT2D eigenvalue weighted by atomic mass is 9.92. The Morgan fingerprint density at radius 1 is 1.21 bits per heavy atom. The quantitative estimate of drug-likeness (QED) is 0.443. The molecule has 156 valence electrons. The van der Waals surface area contributed by atoms with E-state index < -0.39 is 0 Å². The summed E-state index contributed by atoms with van der Waals surface area (Å²) >= 11 is 1.72. The second-order valence-corrected chi connectivity index (χ2v) is 9.68. The number of ether oxygens (including phenoxy) is 1. The summed E-state index contributed by atoms with van der Waals surface area (Å²) in [6.45, 7) is 2.53. The number of hydrogen-bond donors (Lipinski definition) is 2. The van der Waals surface area contributed by atoms with Crippen molar-refractivity contribution in [1.29, 1.82) is 0 Å². The maximum atomic E-state index is 11.9. The summed E-state index contributed by atoms with van der Waals surface area (Å²) in [6, 6.07) is 0.729. The highest BCUT2D eigenvalue weighted by Crippen LogP contribution is 2.47. The molecule has 2 fully saturated rings. The van der Waals surface area contributed by atoms with Crippen molar-refractivity contribution in [2.75, 3.05) is 13.1 Å². The molecule has 1 saturated carbocycles. The number of thiophene rings is 1. The summed E-state index contributed by atoms with van der Waals surface area (Å²) < 4.78 is 6.45. The van der Waals surface area contributed by atoms with E-state index in [-0.39, 0.29) is 17.9 Å². The molecule has 1 atom stereocenters. The van der Waals surface area contributed by atoms with Crippen LogP contribution in [0.2, 0.25) is 0 Å². The number of rotatable bonds is 5. The third kappa shape index (κ3) is 3.73. The molecule has 5 rings (SSSR count). The fourth-order valence-electron chi connectivity index (χ4n) is 5.41. The normalized spacial score (nSPS) is 27.3. The van der Waals surface area contributed by atoms with Gasteiger partial charge in [0.15, 0.2) is 0 Å². The van der Waals surface area contributed by atoms with E-state index in [0.29, 0.717) is 12.3 Å². The first-order valence-electron chi connectivity index (χ1n) is 10.9. The van der Waals surface area contributed by atoms with Crippen molar-refractivity contribution < 1.29 is 9.53 Å². The number of hydrogen-bond acceptors (Lipinski definition) is 7. The summed E-state index contributed by atoms with van der Waals surface area (Å²) in [6.07, 6.45) is 11.5. The van der Waals surface area contributed by atoms with E-state index in [1.165, 1.54) is 49.2 Å². The van der Waals surface area contributed by atoms with Gasteiger partial charge in [-0.1, -0.05) is 0 Å². The van der Waals surface area contributed by atoms with Crippen LogP contribution >= 0.6 is 11.3 Å². The van der Waals surface area contributed by atoms with Crippen molar-refractivity contribution in [3.63, 3.8) is 0 Å². The van der Waals surface area contributed by atoms with Crippen molar-refractivity contribution in [2.45, 2.75) is 75.9 Å². The average Bonchev–Trinajstić information content (AvgIpc) is 3.46. The zero-order chi connectivity index (χ0) is 19.8. The maximum Gasteiger partial charge on any atom is 0.234 e. The first-order valence-corrected chi connectivity index (χ1v) is 11.7. The minimum atomic E-state index is -0.123. The average molecular weight is 416 g/mol. The van der Waals surface area contributed by atoms with Crippen molar-refractivity contribution in [3.8, 4) is 5.88 Å². The summed E-state index contributed by atoms with van der Waals surface area (Å²) in [5.41, 5.74) is 3.49. The summed E-state index contributed by atoms with van der Waals surface area (Å²) in [5, 5.41) is 1.03. The standard InChI is InChI=1S/C21H29N5O2S/c22-25-17(27)11-13-3-8-16-18(13)19-20(23-12-24-21(19)29-16)28-15-6-4-14(5-7-15)26-9-1-2-10-26/h12-15H,1-11,22H2,(H,25,27)/t13-,14?,15?/m1/s1. The molecule has 1 amide bonds. The molecule has 29 heavy (non-hydrogen) atoms. The molecule has 0 unspecified atom stereocenters. The number of hydrazine groups is 1. The Kier molecular flexibility index (Phi) is 5.41. The highest BCUT2D eigenvalue weighted by Gasteiger charge is 2.33. The van der Waals surface area contributed by atoms with E-state index in [2.05, 4.69) is 20.3 Å². The van der Waals surface area contributed by atoms with Gasteiger partial charge in [0.2, 0.25) is 11.8 Å². The monoisotopic (exact) mass is 415 g/mol. The van der Waals surface area contributed by atoms with E-state index in [9.17, 15) is 4.79 Å². The topological polar surface area (TPSA) is 93.4 Å². The van der Waals surface area contributed by atoms with Crippen LogP contribution in [0, 0.1) is 0 Å². The SMILES string of the molecule is NNC(=O)C[C@H]1CCc2sc3ncnc(OC4CCC(N5CCCC5)CC4)c3c21. The van der Waals surface area contributed by atoms with Crippen molar-refractivity contribution >= 4 is 27.5 Å².